The molecule has 1 aliphatic rings. The van der Waals surface area contributed by atoms with Crippen LogP contribution < -0.4 is 10.6 Å². The predicted molar refractivity (Wildman–Crippen MR) is 101 cm³/mol. The van der Waals surface area contributed by atoms with Crippen molar-refractivity contribution in [2.45, 2.75) is 64.5 Å². The second-order valence-electron chi connectivity index (χ2n) is 6.76. The van der Waals surface area contributed by atoms with Gasteiger partial charge in [-0.2, -0.15) is 4.98 Å². The lowest BCUT2D eigenvalue weighted by Crippen LogP contribution is -2.24. The molecule has 1 aromatic heterocycles. The number of hydrogen-bond acceptors (Lipinski definition) is 4. The second-order valence-corrected chi connectivity index (χ2v) is 6.76. The molecule has 0 radical (unpaired) electrons. The average molecular weight is 324 g/mol. The topological polar surface area (TPSA) is 49.8 Å². The predicted octanol–water partition coefficient (Wildman–Crippen LogP) is 5.10. The van der Waals surface area contributed by atoms with Crippen molar-refractivity contribution in [1.82, 2.24) is 9.97 Å². The van der Waals surface area contributed by atoms with Gasteiger partial charge in [0.2, 0.25) is 5.95 Å². The second kappa shape index (κ2) is 8.13. The van der Waals surface area contributed by atoms with E-state index < -0.39 is 0 Å². The van der Waals surface area contributed by atoms with Crippen LogP contribution in [-0.2, 0) is 0 Å². The minimum absolute atomic E-state index is 0.394. The van der Waals surface area contributed by atoms with Crippen LogP contribution in [0, 0.1) is 0 Å². The Balaban J connectivity index is 1.87. The minimum Gasteiger partial charge on any atom is -0.367 e. The summed E-state index contributed by atoms with van der Waals surface area (Å²) in [6.45, 7) is 4.36. The number of rotatable bonds is 6. The number of benzene rings is 1. The monoisotopic (exact) mass is 324 g/mol. The van der Waals surface area contributed by atoms with Gasteiger partial charge in [0.05, 0.1) is 5.69 Å². The molecule has 1 atom stereocenters. The molecule has 0 bridgehead atoms. The van der Waals surface area contributed by atoms with Crippen molar-refractivity contribution in [1.29, 1.82) is 0 Å². The zero-order valence-corrected chi connectivity index (χ0v) is 14.8. The van der Waals surface area contributed by atoms with Crippen LogP contribution in [0.5, 0.6) is 0 Å². The molecule has 1 heterocycles. The van der Waals surface area contributed by atoms with Gasteiger partial charge in [0.25, 0.3) is 0 Å². The number of nitrogens with one attached hydrogen (secondary N) is 2. The molecule has 0 saturated heterocycles. The third-order valence-electron chi connectivity index (χ3n) is 4.74. The first-order valence-electron chi connectivity index (χ1n) is 9.22. The normalized spacial score (nSPS) is 16.6. The Hall–Kier alpha value is -2.10. The van der Waals surface area contributed by atoms with Crippen LogP contribution in [-0.4, -0.2) is 22.1 Å². The van der Waals surface area contributed by atoms with Crippen molar-refractivity contribution in [3.05, 3.63) is 36.4 Å². The van der Waals surface area contributed by atoms with E-state index in [1.807, 2.05) is 24.3 Å². The first kappa shape index (κ1) is 16.7. The molecular formula is C20H28N4. The van der Waals surface area contributed by atoms with Crippen LogP contribution in [0.2, 0.25) is 0 Å². The molecule has 128 valence electrons. The summed E-state index contributed by atoms with van der Waals surface area (Å²) in [6, 6.07) is 13.3. The van der Waals surface area contributed by atoms with E-state index in [4.69, 9.17) is 9.97 Å². The maximum atomic E-state index is 4.77. The molecule has 1 fully saturated rings. The summed E-state index contributed by atoms with van der Waals surface area (Å²) in [7, 11) is 0. The molecule has 1 unspecified atom stereocenters. The molecule has 1 aliphatic carbocycles. The molecule has 3 rings (SSSR count). The third-order valence-corrected chi connectivity index (χ3v) is 4.74. The van der Waals surface area contributed by atoms with Crippen molar-refractivity contribution in [3.8, 4) is 11.3 Å². The van der Waals surface area contributed by atoms with Crippen molar-refractivity contribution in [2.75, 3.05) is 10.6 Å². The van der Waals surface area contributed by atoms with Crippen LogP contribution in [0.1, 0.15) is 52.4 Å². The van der Waals surface area contributed by atoms with Crippen molar-refractivity contribution >= 4 is 11.8 Å². The van der Waals surface area contributed by atoms with E-state index in [1.54, 1.807) is 0 Å². The zero-order valence-electron chi connectivity index (χ0n) is 14.8. The van der Waals surface area contributed by atoms with Gasteiger partial charge in [-0.1, -0.05) is 56.5 Å². The molecule has 0 spiro atoms. The number of nitrogens with zero attached hydrogens (tertiary/aromatic N) is 2. The van der Waals surface area contributed by atoms with Gasteiger partial charge in [-0.05, 0) is 26.2 Å². The Morgan fingerprint density at radius 3 is 2.54 bits per heavy atom. The summed E-state index contributed by atoms with van der Waals surface area (Å²) >= 11 is 0. The molecular weight excluding hydrogens is 296 g/mol. The van der Waals surface area contributed by atoms with Gasteiger partial charge in [-0.15, -0.1) is 0 Å². The van der Waals surface area contributed by atoms with Crippen LogP contribution in [0.4, 0.5) is 11.8 Å². The standard InChI is InChI=1S/C20H28N4/c1-3-15(2)21-19-14-18(16-10-6-4-7-11-16)23-20(24-19)22-17-12-8-5-9-13-17/h4,6-7,10-11,14-15,17H,3,5,8-9,12-13H2,1-2H3,(H2,21,22,23,24). The van der Waals surface area contributed by atoms with Gasteiger partial charge in [-0.3, -0.25) is 0 Å². The van der Waals surface area contributed by atoms with E-state index in [2.05, 4.69) is 36.6 Å². The number of aromatic nitrogens is 2. The lowest BCUT2D eigenvalue weighted by molar-refractivity contribution is 0.461. The Bertz CT molecular complexity index is 635. The van der Waals surface area contributed by atoms with Crippen molar-refractivity contribution < 1.29 is 0 Å². The van der Waals surface area contributed by atoms with Gasteiger partial charge in [0, 0.05) is 23.7 Å². The summed E-state index contributed by atoms with van der Waals surface area (Å²) in [4.78, 5) is 9.48. The highest BCUT2D eigenvalue weighted by molar-refractivity contribution is 5.64. The van der Waals surface area contributed by atoms with E-state index in [0.29, 0.717) is 12.1 Å². The lowest BCUT2D eigenvalue weighted by Gasteiger charge is -2.23. The lowest BCUT2D eigenvalue weighted by atomic mass is 9.96. The van der Waals surface area contributed by atoms with E-state index in [0.717, 1.165) is 29.4 Å². The SMILES string of the molecule is CCC(C)Nc1cc(-c2ccccc2)nc(NC2CCCCC2)n1. The maximum Gasteiger partial charge on any atom is 0.225 e. The summed E-state index contributed by atoms with van der Waals surface area (Å²) in [5.74, 6) is 1.64. The highest BCUT2D eigenvalue weighted by atomic mass is 15.2. The molecule has 24 heavy (non-hydrogen) atoms. The van der Waals surface area contributed by atoms with E-state index >= 15 is 0 Å². The molecule has 4 nitrogen and oxygen atoms in total. The van der Waals surface area contributed by atoms with E-state index in [-0.39, 0.29) is 0 Å². The van der Waals surface area contributed by atoms with Gasteiger partial charge < -0.3 is 10.6 Å². The van der Waals surface area contributed by atoms with Gasteiger partial charge in [-0.25, -0.2) is 4.98 Å². The van der Waals surface area contributed by atoms with E-state index in [1.165, 1.54) is 32.1 Å². The summed E-state index contributed by atoms with van der Waals surface area (Å²) in [5.41, 5.74) is 2.09. The first-order chi connectivity index (χ1) is 11.7. The molecule has 1 saturated carbocycles. The number of hydrogen-bond donors (Lipinski definition) is 2. The highest BCUT2D eigenvalue weighted by Crippen LogP contribution is 2.24. The third kappa shape index (κ3) is 4.47. The molecule has 2 N–H and O–H groups in total. The Morgan fingerprint density at radius 2 is 1.83 bits per heavy atom. The van der Waals surface area contributed by atoms with Gasteiger partial charge in [0.1, 0.15) is 5.82 Å². The largest absolute Gasteiger partial charge is 0.367 e. The summed E-state index contributed by atoms with van der Waals surface area (Å²) in [6.07, 6.45) is 7.45. The fraction of sp³-hybridized carbons (Fsp3) is 0.500. The Kier molecular flexibility index (Phi) is 5.68. The van der Waals surface area contributed by atoms with Crippen molar-refractivity contribution in [2.24, 2.45) is 0 Å². The molecule has 4 heteroatoms. The van der Waals surface area contributed by atoms with Crippen LogP contribution >= 0.6 is 0 Å². The van der Waals surface area contributed by atoms with Crippen LogP contribution in [0.15, 0.2) is 36.4 Å². The molecule has 2 aromatic rings. The quantitative estimate of drug-likeness (QED) is 0.776. The fourth-order valence-corrected chi connectivity index (χ4v) is 3.13. The summed E-state index contributed by atoms with van der Waals surface area (Å²) < 4.78 is 0. The van der Waals surface area contributed by atoms with Crippen LogP contribution in [0.25, 0.3) is 11.3 Å². The van der Waals surface area contributed by atoms with Crippen LogP contribution in [0.3, 0.4) is 0 Å². The molecule has 0 aliphatic heterocycles. The van der Waals surface area contributed by atoms with Gasteiger partial charge in [0.15, 0.2) is 0 Å². The Morgan fingerprint density at radius 1 is 1.08 bits per heavy atom. The fourth-order valence-electron chi connectivity index (χ4n) is 3.13. The van der Waals surface area contributed by atoms with Crippen molar-refractivity contribution in [3.63, 3.8) is 0 Å². The van der Waals surface area contributed by atoms with Gasteiger partial charge >= 0.3 is 0 Å². The zero-order chi connectivity index (χ0) is 16.8. The highest BCUT2D eigenvalue weighted by Gasteiger charge is 2.15. The number of anilines is 2. The summed E-state index contributed by atoms with van der Waals surface area (Å²) in [5, 5.41) is 7.05. The van der Waals surface area contributed by atoms with E-state index in [9.17, 15) is 0 Å². The molecule has 0 amide bonds. The first-order valence-corrected chi connectivity index (χ1v) is 9.22. The Labute approximate surface area is 145 Å². The maximum absolute atomic E-state index is 4.77. The molecule has 1 aromatic carbocycles. The minimum atomic E-state index is 0.394. The average Bonchev–Trinajstić information content (AvgIpc) is 2.63. The smallest absolute Gasteiger partial charge is 0.225 e.